The Hall–Kier alpha value is -3.33. The van der Waals surface area contributed by atoms with Crippen LogP contribution in [0.3, 0.4) is 0 Å². The number of oxazole rings is 1. The van der Waals surface area contributed by atoms with Crippen molar-refractivity contribution in [1.29, 1.82) is 5.26 Å². The highest BCUT2D eigenvalue weighted by Crippen LogP contribution is 2.21. The predicted molar refractivity (Wildman–Crippen MR) is 99.4 cm³/mol. The minimum Gasteiger partial charge on any atom is -0.467 e. The van der Waals surface area contributed by atoms with Gasteiger partial charge in [0, 0.05) is 24.9 Å². The second-order valence-corrected chi connectivity index (χ2v) is 6.29. The Bertz CT molecular complexity index is 905. The first kappa shape index (κ1) is 18.5. The molecule has 0 bridgehead atoms. The molecule has 0 spiro atoms. The van der Waals surface area contributed by atoms with Gasteiger partial charge < -0.3 is 13.7 Å². The largest absolute Gasteiger partial charge is 0.467 e. The van der Waals surface area contributed by atoms with Crippen LogP contribution in [0.2, 0.25) is 0 Å². The van der Waals surface area contributed by atoms with Crippen molar-refractivity contribution in [2.45, 2.75) is 32.7 Å². The van der Waals surface area contributed by atoms with Gasteiger partial charge in [0.1, 0.15) is 5.76 Å². The molecular formula is C21H21N3O3. The zero-order valence-corrected chi connectivity index (χ0v) is 15.2. The number of amides is 1. The summed E-state index contributed by atoms with van der Waals surface area (Å²) in [4.78, 5) is 18.5. The molecule has 3 aromatic rings. The molecule has 2 heterocycles. The zero-order valence-electron chi connectivity index (χ0n) is 15.2. The fourth-order valence-corrected chi connectivity index (χ4v) is 2.72. The van der Waals surface area contributed by atoms with Gasteiger partial charge >= 0.3 is 0 Å². The van der Waals surface area contributed by atoms with E-state index in [-0.39, 0.29) is 18.7 Å². The molecule has 0 aliphatic heterocycles. The van der Waals surface area contributed by atoms with Crippen LogP contribution in [0.15, 0.2) is 57.7 Å². The molecule has 0 fully saturated rings. The molecule has 0 saturated carbocycles. The third-order valence-corrected chi connectivity index (χ3v) is 4.22. The Labute approximate surface area is 158 Å². The van der Waals surface area contributed by atoms with Crippen molar-refractivity contribution in [2.24, 2.45) is 0 Å². The van der Waals surface area contributed by atoms with Crippen molar-refractivity contribution >= 4 is 5.91 Å². The zero-order chi connectivity index (χ0) is 19.1. The number of aromatic nitrogens is 1. The maximum Gasteiger partial charge on any atom is 0.223 e. The van der Waals surface area contributed by atoms with Gasteiger partial charge in [-0.25, -0.2) is 4.98 Å². The monoisotopic (exact) mass is 363 g/mol. The number of nitriles is 1. The summed E-state index contributed by atoms with van der Waals surface area (Å²) < 4.78 is 11.1. The minimum atomic E-state index is -0.0586. The van der Waals surface area contributed by atoms with Gasteiger partial charge in [0.05, 0.1) is 31.5 Å². The third kappa shape index (κ3) is 5.08. The molecule has 6 heteroatoms. The minimum absolute atomic E-state index is 0.0586. The van der Waals surface area contributed by atoms with Gasteiger partial charge in [0.25, 0.3) is 0 Å². The van der Waals surface area contributed by atoms with E-state index in [1.165, 1.54) is 5.56 Å². The van der Waals surface area contributed by atoms with Crippen molar-refractivity contribution in [2.75, 3.05) is 6.54 Å². The topological polar surface area (TPSA) is 83.3 Å². The fourth-order valence-electron chi connectivity index (χ4n) is 2.72. The van der Waals surface area contributed by atoms with E-state index in [9.17, 15) is 4.79 Å². The summed E-state index contributed by atoms with van der Waals surface area (Å²) in [5, 5.41) is 8.82. The SMILES string of the molecule is Cc1ccc(-c2cnc(CCC(=O)N(CCC#N)Cc3ccco3)o2)cc1. The summed E-state index contributed by atoms with van der Waals surface area (Å²) in [7, 11) is 0. The molecule has 27 heavy (non-hydrogen) atoms. The number of aryl methyl sites for hydroxylation is 2. The lowest BCUT2D eigenvalue weighted by Gasteiger charge is -2.20. The van der Waals surface area contributed by atoms with Gasteiger partial charge in [-0.1, -0.05) is 29.8 Å². The Morgan fingerprint density at radius 2 is 2.07 bits per heavy atom. The molecule has 0 saturated heterocycles. The Morgan fingerprint density at radius 1 is 1.26 bits per heavy atom. The van der Waals surface area contributed by atoms with E-state index >= 15 is 0 Å². The maximum absolute atomic E-state index is 12.6. The molecular weight excluding hydrogens is 342 g/mol. The molecule has 1 amide bonds. The van der Waals surface area contributed by atoms with Crippen molar-refractivity contribution in [3.05, 3.63) is 66.1 Å². The number of nitrogens with zero attached hydrogens (tertiary/aromatic N) is 3. The third-order valence-electron chi connectivity index (χ3n) is 4.22. The standard InChI is InChI=1S/C21H21N3O3/c1-16-5-7-17(8-6-16)19-14-23-20(27-19)9-10-21(25)24(12-3-11-22)15-18-4-2-13-26-18/h2,4-8,13-14H,3,9-10,12,15H2,1H3. The molecule has 138 valence electrons. The van der Waals surface area contributed by atoms with Gasteiger partial charge in [-0.3, -0.25) is 4.79 Å². The molecule has 6 nitrogen and oxygen atoms in total. The quantitative estimate of drug-likeness (QED) is 0.601. The first-order valence-corrected chi connectivity index (χ1v) is 8.84. The molecule has 0 unspecified atom stereocenters. The van der Waals surface area contributed by atoms with Gasteiger partial charge in [0.2, 0.25) is 5.91 Å². The molecule has 0 atom stereocenters. The first-order valence-electron chi connectivity index (χ1n) is 8.84. The maximum atomic E-state index is 12.6. The smallest absolute Gasteiger partial charge is 0.223 e. The molecule has 2 aromatic heterocycles. The average Bonchev–Trinajstić information content (AvgIpc) is 3.35. The van der Waals surface area contributed by atoms with Crippen molar-refractivity contribution in [1.82, 2.24) is 9.88 Å². The second-order valence-electron chi connectivity index (χ2n) is 6.29. The van der Waals surface area contributed by atoms with E-state index in [4.69, 9.17) is 14.1 Å². The van der Waals surface area contributed by atoms with Gasteiger partial charge in [0.15, 0.2) is 11.7 Å². The number of hydrogen-bond donors (Lipinski definition) is 0. The fraction of sp³-hybridized carbons (Fsp3) is 0.286. The number of carbonyl (C=O) groups is 1. The van der Waals surface area contributed by atoms with Crippen LogP contribution in [0, 0.1) is 18.3 Å². The molecule has 0 aliphatic carbocycles. The van der Waals surface area contributed by atoms with Crippen LogP contribution < -0.4 is 0 Å². The predicted octanol–water partition coefficient (Wildman–Crippen LogP) is 4.12. The van der Waals surface area contributed by atoms with Crippen LogP contribution in [0.25, 0.3) is 11.3 Å². The van der Waals surface area contributed by atoms with Crippen LogP contribution in [-0.4, -0.2) is 22.3 Å². The highest BCUT2D eigenvalue weighted by atomic mass is 16.4. The Balaban J connectivity index is 1.59. The lowest BCUT2D eigenvalue weighted by Crippen LogP contribution is -2.31. The van der Waals surface area contributed by atoms with Crippen LogP contribution in [0.1, 0.15) is 30.1 Å². The van der Waals surface area contributed by atoms with Gasteiger partial charge in [-0.15, -0.1) is 0 Å². The van der Waals surface area contributed by atoms with E-state index in [2.05, 4.69) is 11.1 Å². The van der Waals surface area contributed by atoms with E-state index in [1.807, 2.05) is 37.3 Å². The van der Waals surface area contributed by atoms with Crippen LogP contribution in [-0.2, 0) is 17.8 Å². The summed E-state index contributed by atoms with van der Waals surface area (Å²) in [6.07, 6.45) is 4.21. The molecule has 0 N–H and O–H groups in total. The highest BCUT2D eigenvalue weighted by molar-refractivity contribution is 5.76. The van der Waals surface area contributed by atoms with E-state index in [1.54, 1.807) is 23.4 Å². The average molecular weight is 363 g/mol. The Morgan fingerprint density at radius 3 is 2.78 bits per heavy atom. The van der Waals surface area contributed by atoms with Crippen LogP contribution in [0.5, 0.6) is 0 Å². The number of hydrogen-bond acceptors (Lipinski definition) is 5. The van der Waals surface area contributed by atoms with Crippen molar-refractivity contribution in [3.63, 3.8) is 0 Å². The number of carbonyl (C=O) groups excluding carboxylic acids is 1. The van der Waals surface area contributed by atoms with Crippen LogP contribution >= 0.6 is 0 Å². The van der Waals surface area contributed by atoms with Crippen molar-refractivity contribution in [3.8, 4) is 17.4 Å². The van der Waals surface area contributed by atoms with Crippen LogP contribution in [0.4, 0.5) is 0 Å². The second kappa shape index (κ2) is 8.86. The normalized spacial score (nSPS) is 10.5. The summed E-state index contributed by atoms with van der Waals surface area (Å²) in [6.45, 7) is 2.76. The van der Waals surface area contributed by atoms with E-state index in [0.717, 1.165) is 5.56 Å². The van der Waals surface area contributed by atoms with Gasteiger partial charge in [-0.05, 0) is 19.1 Å². The summed E-state index contributed by atoms with van der Waals surface area (Å²) in [5.74, 6) is 1.85. The van der Waals surface area contributed by atoms with E-state index < -0.39 is 0 Å². The first-order chi connectivity index (χ1) is 13.2. The number of benzene rings is 1. The Kier molecular flexibility index (Phi) is 6.06. The summed E-state index contributed by atoms with van der Waals surface area (Å²) >= 11 is 0. The van der Waals surface area contributed by atoms with Crippen molar-refractivity contribution < 1.29 is 13.6 Å². The number of furan rings is 1. The van der Waals surface area contributed by atoms with Gasteiger partial charge in [-0.2, -0.15) is 5.26 Å². The highest BCUT2D eigenvalue weighted by Gasteiger charge is 2.16. The molecule has 1 aromatic carbocycles. The molecule has 3 rings (SSSR count). The lowest BCUT2D eigenvalue weighted by molar-refractivity contribution is -0.132. The lowest BCUT2D eigenvalue weighted by atomic mass is 10.1. The molecule has 0 radical (unpaired) electrons. The molecule has 0 aliphatic rings. The van der Waals surface area contributed by atoms with E-state index in [0.29, 0.717) is 36.9 Å². The summed E-state index contributed by atoms with van der Waals surface area (Å²) in [5.41, 5.74) is 2.14. The number of rotatable bonds is 8. The summed E-state index contributed by atoms with van der Waals surface area (Å²) in [6, 6.07) is 13.7.